The lowest BCUT2D eigenvalue weighted by Gasteiger charge is -2.21. The van der Waals surface area contributed by atoms with Gasteiger partial charge in [0.25, 0.3) is 0 Å². The highest BCUT2D eigenvalue weighted by Gasteiger charge is 2.27. The minimum absolute atomic E-state index is 0.132. The first kappa shape index (κ1) is 18.8. The topological polar surface area (TPSA) is 161 Å². The molecule has 144 valence electrons. The standard InChI is InChI=1S/C18H18O9/c1-26-12-4-10(22)14-16(25)13-9(21)3-2-7(8(5-19)11(23)6-20)17(13)27-18(14)15(12)24/h2-4,8,11,19-24H,5-6H2,1H3. The Labute approximate surface area is 151 Å². The number of methoxy groups -OCH3 is 1. The maximum atomic E-state index is 12.9. The van der Waals surface area contributed by atoms with Crippen molar-refractivity contribution in [2.45, 2.75) is 12.0 Å². The van der Waals surface area contributed by atoms with Crippen molar-refractivity contribution in [1.29, 1.82) is 0 Å². The van der Waals surface area contributed by atoms with Gasteiger partial charge in [0.1, 0.15) is 27.9 Å². The molecule has 2 unspecified atom stereocenters. The van der Waals surface area contributed by atoms with Crippen molar-refractivity contribution in [3.8, 4) is 23.0 Å². The number of phenols is 3. The van der Waals surface area contributed by atoms with Crippen LogP contribution in [0.5, 0.6) is 23.0 Å². The molecule has 0 aliphatic rings. The Morgan fingerprint density at radius 2 is 1.70 bits per heavy atom. The van der Waals surface area contributed by atoms with Crippen LogP contribution in [-0.2, 0) is 0 Å². The van der Waals surface area contributed by atoms with E-state index in [1.54, 1.807) is 0 Å². The molecule has 27 heavy (non-hydrogen) atoms. The molecule has 0 fully saturated rings. The molecule has 0 aliphatic heterocycles. The zero-order valence-electron chi connectivity index (χ0n) is 14.2. The summed E-state index contributed by atoms with van der Waals surface area (Å²) in [5, 5.41) is 58.7. The summed E-state index contributed by atoms with van der Waals surface area (Å²) in [5.41, 5.74) is -1.28. The van der Waals surface area contributed by atoms with Crippen LogP contribution >= 0.6 is 0 Å². The van der Waals surface area contributed by atoms with Gasteiger partial charge in [0.2, 0.25) is 11.2 Å². The van der Waals surface area contributed by atoms with Crippen LogP contribution in [-0.4, -0.2) is 57.1 Å². The molecule has 0 spiro atoms. The number of hydrogen-bond donors (Lipinski definition) is 6. The van der Waals surface area contributed by atoms with E-state index in [0.29, 0.717) is 0 Å². The lowest BCUT2D eigenvalue weighted by Crippen LogP contribution is -2.25. The fraction of sp³-hybridized carbons (Fsp3) is 0.278. The molecule has 6 N–H and O–H groups in total. The minimum Gasteiger partial charge on any atom is -0.507 e. The van der Waals surface area contributed by atoms with Gasteiger partial charge in [0, 0.05) is 17.5 Å². The molecular formula is C18H18O9. The molecule has 3 rings (SSSR count). The number of aliphatic hydroxyl groups excluding tert-OH is 3. The molecule has 9 nitrogen and oxygen atoms in total. The summed E-state index contributed by atoms with van der Waals surface area (Å²) in [7, 11) is 1.25. The SMILES string of the molecule is COc1cc(O)c2c(=O)c3c(O)ccc(C(CO)C(O)CO)c3oc2c1O. The summed E-state index contributed by atoms with van der Waals surface area (Å²) < 4.78 is 10.5. The molecular weight excluding hydrogens is 360 g/mol. The first-order valence-corrected chi connectivity index (χ1v) is 7.96. The highest BCUT2D eigenvalue weighted by Crippen LogP contribution is 2.42. The van der Waals surface area contributed by atoms with E-state index in [4.69, 9.17) is 9.15 Å². The average Bonchev–Trinajstić information content (AvgIpc) is 2.66. The van der Waals surface area contributed by atoms with Gasteiger partial charge in [-0.05, 0) is 6.07 Å². The van der Waals surface area contributed by atoms with Crippen molar-refractivity contribution in [2.24, 2.45) is 0 Å². The van der Waals surface area contributed by atoms with Crippen molar-refractivity contribution < 1.29 is 39.8 Å². The van der Waals surface area contributed by atoms with Crippen LogP contribution in [0, 0.1) is 0 Å². The molecule has 0 aliphatic carbocycles. The molecule has 0 radical (unpaired) electrons. The lowest BCUT2D eigenvalue weighted by atomic mass is 9.92. The predicted molar refractivity (Wildman–Crippen MR) is 94.5 cm³/mol. The molecule has 3 aromatic rings. The first-order valence-electron chi connectivity index (χ1n) is 7.96. The monoisotopic (exact) mass is 378 g/mol. The third-order valence-electron chi connectivity index (χ3n) is 4.49. The number of ether oxygens (including phenoxy) is 1. The Morgan fingerprint density at radius 3 is 2.30 bits per heavy atom. The number of rotatable bonds is 5. The number of benzene rings is 2. The fourth-order valence-electron chi connectivity index (χ4n) is 3.08. The molecule has 0 saturated heterocycles. The van der Waals surface area contributed by atoms with Gasteiger partial charge in [0.05, 0.1) is 26.4 Å². The maximum absolute atomic E-state index is 12.9. The van der Waals surface area contributed by atoms with Crippen molar-refractivity contribution in [3.05, 3.63) is 34.0 Å². The molecule has 1 heterocycles. The predicted octanol–water partition coefficient (Wildman–Crippen LogP) is 0.501. The number of hydrogen-bond acceptors (Lipinski definition) is 9. The zero-order chi connectivity index (χ0) is 19.9. The second-order valence-electron chi connectivity index (χ2n) is 6.00. The van der Waals surface area contributed by atoms with E-state index >= 15 is 0 Å². The van der Waals surface area contributed by atoms with E-state index in [1.165, 1.54) is 19.2 Å². The largest absolute Gasteiger partial charge is 0.507 e. The molecule has 2 aromatic carbocycles. The van der Waals surface area contributed by atoms with Crippen molar-refractivity contribution in [1.82, 2.24) is 0 Å². The van der Waals surface area contributed by atoms with E-state index in [1.807, 2.05) is 0 Å². The molecule has 2 atom stereocenters. The van der Waals surface area contributed by atoms with E-state index in [-0.39, 0.29) is 33.3 Å². The molecule has 0 bridgehead atoms. The second-order valence-corrected chi connectivity index (χ2v) is 6.00. The Kier molecular flexibility index (Phi) is 4.83. The average molecular weight is 378 g/mol. The quantitative estimate of drug-likeness (QED) is 0.274. The minimum atomic E-state index is -1.36. The highest BCUT2D eigenvalue weighted by molar-refractivity contribution is 6.00. The summed E-state index contributed by atoms with van der Waals surface area (Å²) in [6.07, 6.45) is -1.36. The molecule has 0 amide bonds. The highest BCUT2D eigenvalue weighted by atomic mass is 16.5. The van der Waals surface area contributed by atoms with E-state index < -0.39 is 47.9 Å². The first-order chi connectivity index (χ1) is 12.8. The fourth-order valence-corrected chi connectivity index (χ4v) is 3.08. The van der Waals surface area contributed by atoms with Crippen LogP contribution in [0.4, 0.5) is 0 Å². The normalized spacial score (nSPS) is 13.8. The van der Waals surface area contributed by atoms with Crippen molar-refractivity contribution >= 4 is 21.9 Å². The van der Waals surface area contributed by atoms with Crippen molar-refractivity contribution in [2.75, 3.05) is 20.3 Å². The van der Waals surface area contributed by atoms with E-state index in [2.05, 4.69) is 0 Å². The molecule has 1 aromatic heterocycles. The number of aromatic hydroxyl groups is 3. The van der Waals surface area contributed by atoms with E-state index in [0.717, 1.165) is 6.07 Å². The van der Waals surface area contributed by atoms with Crippen LogP contribution in [0.3, 0.4) is 0 Å². The molecule has 9 heteroatoms. The number of phenolic OH excluding ortho intramolecular Hbond substituents is 3. The van der Waals surface area contributed by atoms with Gasteiger partial charge in [-0.1, -0.05) is 6.07 Å². The van der Waals surface area contributed by atoms with Gasteiger partial charge in [-0.15, -0.1) is 0 Å². The smallest absolute Gasteiger partial charge is 0.208 e. The second kappa shape index (κ2) is 6.95. The van der Waals surface area contributed by atoms with Crippen LogP contribution < -0.4 is 10.2 Å². The van der Waals surface area contributed by atoms with Gasteiger partial charge in [-0.3, -0.25) is 4.79 Å². The Hall–Kier alpha value is -3.01. The van der Waals surface area contributed by atoms with Crippen LogP contribution in [0.2, 0.25) is 0 Å². The van der Waals surface area contributed by atoms with Crippen LogP contribution in [0.1, 0.15) is 11.5 Å². The Morgan fingerprint density at radius 1 is 1.04 bits per heavy atom. The summed E-state index contributed by atoms with van der Waals surface area (Å²) in [5.74, 6) is -2.68. The van der Waals surface area contributed by atoms with Gasteiger partial charge in [-0.2, -0.15) is 0 Å². The maximum Gasteiger partial charge on any atom is 0.208 e. The van der Waals surface area contributed by atoms with Crippen molar-refractivity contribution in [3.63, 3.8) is 0 Å². The third-order valence-corrected chi connectivity index (χ3v) is 4.49. The number of fused-ring (bicyclic) bond motifs is 2. The van der Waals surface area contributed by atoms with Gasteiger partial charge in [-0.25, -0.2) is 0 Å². The van der Waals surface area contributed by atoms with Gasteiger partial charge in [0.15, 0.2) is 11.3 Å². The van der Waals surface area contributed by atoms with Gasteiger partial charge >= 0.3 is 0 Å². The summed E-state index contributed by atoms with van der Waals surface area (Å²) in [6, 6.07) is 3.53. The summed E-state index contributed by atoms with van der Waals surface area (Å²) >= 11 is 0. The number of aliphatic hydroxyl groups is 3. The zero-order valence-corrected chi connectivity index (χ0v) is 14.2. The Balaban J connectivity index is 2.51. The Bertz CT molecular complexity index is 1070. The summed E-state index contributed by atoms with van der Waals surface area (Å²) in [6.45, 7) is -1.25. The van der Waals surface area contributed by atoms with Crippen LogP contribution in [0.15, 0.2) is 27.4 Å². The van der Waals surface area contributed by atoms with E-state index in [9.17, 15) is 35.4 Å². The third kappa shape index (κ3) is 2.81. The van der Waals surface area contributed by atoms with Gasteiger partial charge < -0.3 is 39.8 Å². The molecule has 0 saturated carbocycles. The lowest BCUT2D eigenvalue weighted by molar-refractivity contribution is 0.0528. The van der Waals surface area contributed by atoms with Crippen LogP contribution in [0.25, 0.3) is 21.9 Å². The summed E-state index contributed by atoms with van der Waals surface area (Å²) in [4.78, 5) is 12.9.